The largest absolute Gasteiger partial charge is 0.359 e. The van der Waals surface area contributed by atoms with Gasteiger partial charge in [0.05, 0.1) is 15.9 Å². The molecule has 3 aromatic rings. The summed E-state index contributed by atoms with van der Waals surface area (Å²) < 4.78 is 16.0. The van der Waals surface area contributed by atoms with Crippen molar-refractivity contribution >= 4 is 34.5 Å². The molecule has 1 aliphatic rings. The first kappa shape index (κ1) is 14.2. The molecule has 1 aliphatic heterocycles. The zero-order chi connectivity index (χ0) is 16.0. The maximum Gasteiger partial charge on any atom is 0.216 e. The first-order valence-corrected chi connectivity index (χ1v) is 7.99. The third-order valence-electron chi connectivity index (χ3n) is 3.63. The molecule has 4 rings (SSSR count). The number of halogens is 1. The molecule has 9 heteroatoms. The van der Waals surface area contributed by atoms with Crippen LogP contribution in [-0.4, -0.2) is 37.6 Å². The minimum atomic E-state index is -0.331. The van der Waals surface area contributed by atoms with Gasteiger partial charge in [0.25, 0.3) is 0 Å². The van der Waals surface area contributed by atoms with E-state index < -0.39 is 0 Å². The van der Waals surface area contributed by atoms with Crippen LogP contribution in [0.25, 0.3) is 11.0 Å². The maximum absolute atomic E-state index is 14.4. The van der Waals surface area contributed by atoms with Crippen molar-refractivity contribution in [2.24, 2.45) is 5.10 Å². The quantitative estimate of drug-likeness (QED) is 0.771. The molecule has 0 saturated carbocycles. The molecule has 0 amide bonds. The van der Waals surface area contributed by atoms with Crippen LogP contribution in [0, 0.1) is 5.82 Å². The molecule has 0 aliphatic carbocycles. The number of anilines is 1. The van der Waals surface area contributed by atoms with Gasteiger partial charge in [0, 0.05) is 25.2 Å². The van der Waals surface area contributed by atoms with E-state index >= 15 is 0 Å². The summed E-state index contributed by atoms with van der Waals surface area (Å²) in [4.78, 5) is 7.79. The molecule has 0 spiro atoms. The fourth-order valence-corrected chi connectivity index (χ4v) is 3.27. The number of hydrogen-bond donors (Lipinski definition) is 2. The van der Waals surface area contributed by atoms with Crippen molar-refractivity contribution in [3.05, 3.63) is 23.8 Å². The number of aromatic nitrogens is 5. The number of nitrogens with zero attached hydrogens (tertiary/aromatic N) is 5. The second-order valence-electron chi connectivity index (χ2n) is 5.28. The van der Waals surface area contributed by atoms with Gasteiger partial charge < -0.3 is 10.3 Å². The first-order chi connectivity index (χ1) is 11.1. The van der Waals surface area contributed by atoms with E-state index in [1.807, 2.05) is 6.92 Å². The standard InChI is InChI=1S/C14H14FN7S/c1-7-3-4-12-19-20-14(22(12)21-7)23-11-6-10-9(5-8(11)15)17-13(16-2)18-10/h5-6H,3-4H2,1-2H3,(H2,16,17,18). The van der Waals surface area contributed by atoms with E-state index in [-0.39, 0.29) is 5.82 Å². The summed E-state index contributed by atoms with van der Waals surface area (Å²) in [5.74, 6) is 1.07. The molecule has 0 fully saturated rings. The van der Waals surface area contributed by atoms with E-state index in [1.54, 1.807) is 17.8 Å². The van der Waals surface area contributed by atoms with E-state index in [4.69, 9.17) is 0 Å². The molecule has 2 aromatic heterocycles. The van der Waals surface area contributed by atoms with Crippen LogP contribution < -0.4 is 5.32 Å². The molecule has 0 radical (unpaired) electrons. The minimum absolute atomic E-state index is 0.331. The number of rotatable bonds is 3. The monoisotopic (exact) mass is 331 g/mol. The van der Waals surface area contributed by atoms with Crippen molar-refractivity contribution in [3.8, 4) is 0 Å². The second-order valence-corrected chi connectivity index (χ2v) is 6.29. The van der Waals surface area contributed by atoms with Gasteiger partial charge in [0.15, 0.2) is 5.82 Å². The lowest BCUT2D eigenvalue weighted by molar-refractivity contribution is 0.602. The molecule has 1 aromatic carbocycles. The van der Waals surface area contributed by atoms with Crippen molar-refractivity contribution in [1.29, 1.82) is 0 Å². The summed E-state index contributed by atoms with van der Waals surface area (Å²) in [5.41, 5.74) is 2.35. The summed E-state index contributed by atoms with van der Waals surface area (Å²) in [6.45, 7) is 1.97. The predicted molar refractivity (Wildman–Crippen MR) is 86.6 cm³/mol. The van der Waals surface area contributed by atoms with Gasteiger partial charge in [-0.15, -0.1) is 10.2 Å². The molecule has 23 heavy (non-hydrogen) atoms. The topological polar surface area (TPSA) is 83.8 Å². The van der Waals surface area contributed by atoms with Crippen molar-refractivity contribution in [3.63, 3.8) is 0 Å². The summed E-state index contributed by atoms with van der Waals surface area (Å²) in [6, 6.07) is 3.14. The SMILES string of the molecule is CNc1nc2cc(Sc3nnc4n3N=C(C)CC4)c(F)cc2[nH]1. The van der Waals surface area contributed by atoms with E-state index in [1.165, 1.54) is 17.8 Å². The highest BCUT2D eigenvalue weighted by Gasteiger charge is 2.19. The number of nitrogens with one attached hydrogen (secondary N) is 2. The second kappa shape index (κ2) is 5.34. The van der Waals surface area contributed by atoms with Crippen LogP contribution in [0.5, 0.6) is 0 Å². The number of aryl methyl sites for hydroxylation is 1. The number of H-pyrrole nitrogens is 1. The lowest BCUT2D eigenvalue weighted by Crippen LogP contribution is -2.11. The van der Waals surface area contributed by atoms with Gasteiger partial charge in [0.1, 0.15) is 5.82 Å². The highest BCUT2D eigenvalue weighted by molar-refractivity contribution is 7.99. The van der Waals surface area contributed by atoms with Crippen LogP contribution in [0.15, 0.2) is 27.3 Å². The molecular formula is C14H14FN7S. The van der Waals surface area contributed by atoms with Crippen LogP contribution >= 0.6 is 11.8 Å². The third kappa shape index (κ3) is 2.46. The Balaban J connectivity index is 1.73. The van der Waals surface area contributed by atoms with Gasteiger partial charge in [0.2, 0.25) is 11.1 Å². The molecule has 0 atom stereocenters. The van der Waals surface area contributed by atoms with E-state index in [2.05, 4.69) is 30.6 Å². The third-order valence-corrected chi connectivity index (χ3v) is 4.60. The number of aromatic amines is 1. The smallest absolute Gasteiger partial charge is 0.216 e. The lowest BCUT2D eigenvalue weighted by atomic mass is 10.2. The minimum Gasteiger partial charge on any atom is -0.359 e. The van der Waals surface area contributed by atoms with E-state index in [0.717, 1.165) is 24.4 Å². The van der Waals surface area contributed by atoms with Crippen molar-refractivity contribution < 1.29 is 4.39 Å². The predicted octanol–water partition coefficient (Wildman–Crippen LogP) is 2.66. The first-order valence-electron chi connectivity index (χ1n) is 7.17. The van der Waals surface area contributed by atoms with Gasteiger partial charge in [-0.1, -0.05) is 0 Å². The Morgan fingerprint density at radius 2 is 2.17 bits per heavy atom. The molecule has 118 valence electrons. The van der Waals surface area contributed by atoms with E-state index in [9.17, 15) is 4.39 Å². The Kier molecular flexibility index (Phi) is 3.29. The Hall–Kier alpha value is -2.42. The van der Waals surface area contributed by atoms with Crippen LogP contribution in [0.4, 0.5) is 10.3 Å². The molecular weight excluding hydrogens is 317 g/mol. The van der Waals surface area contributed by atoms with Crippen LogP contribution in [0.2, 0.25) is 0 Å². The maximum atomic E-state index is 14.4. The Labute approximate surface area is 135 Å². The van der Waals surface area contributed by atoms with Crippen LogP contribution in [0.3, 0.4) is 0 Å². The molecule has 2 N–H and O–H groups in total. The fraction of sp³-hybridized carbons (Fsp3) is 0.286. The molecule has 7 nitrogen and oxygen atoms in total. The van der Waals surface area contributed by atoms with Gasteiger partial charge in [-0.05, 0) is 31.2 Å². The molecule has 0 unspecified atom stereocenters. The van der Waals surface area contributed by atoms with Crippen molar-refractivity contribution in [2.45, 2.75) is 29.8 Å². The summed E-state index contributed by atoms with van der Waals surface area (Å²) >= 11 is 1.20. The lowest BCUT2D eigenvalue weighted by Gasteiger charge is -2.10. The Morgan fingerprint density at radius 1 is 1.30 bits per heavy atom. The van der Waals surface area contributed by atoms with Crippen molar-refractivity contribution in [1.82, 2.24) is 24.8 Å². The van der Waals surface area contributed by atoms with Crippen LogP contribution in [-0.2, 0) is 6.42 Å². The fourth-order valence-electron chi connectivity index (χ4n) is 2.44. The van der Waals surface area contributed by atoms with Gasteiger partial charge in [-0.3, -0.25) is 0 Å². The van der Waals surface area contributed by atoms with Crippen LogP contribution in [0.1, 0.15) is 19.2 Å². The van der Waals surface area contributed by atoms with Crippen molar-refractivity contribution in [2.75, 3.05) is 12.4 Å². The van der Waals surface area contributed by atoms with Gasteiger partial charge in [-0.25, -0.2) is 9.37 Å². The molecule has 0 saturated heterocycles. The Bertz CT molecular complexity index is 927. The molecule has 0 bridgehead atoms. The Morgan fingerprint density at radius 3 is 3.00 bits per heavy atom. The zero-order valence-electron chi connectivity index (χ0n) is 12.6. The average Bonchev–Trinajstić information content (AvgIpc) is 3.11. The number of fused-ring (bicyclic) bond motifs is 2. The summed E-state index contributed by atoms with van der Waals surface area (Å²) in [5, 5.41) is 16.2. The molecule has 3 heterocycles. The summed E-state index contributed by atoms with van der Waals surface area (Å²) in [7, 11) is 1.76. The zero-order valence-corrected chi connectivity index (χ0v) is 13.4. The number of imidazole rings is 1. The van der Waals surface area contributed by atoms with Gasteiger partial charge >= 0.3 is 0 Å². The summed E-state index contributed by atoms with van der Waals surface area (Å²) in [6.07, 6.45) is 1.68. The highest BCUT2D eigenvalue weighted by atomic mass is 32.2. The highest BCUT2D eigenvalue weighted by Crippen LogP contribution is 2.32. The van der Waals surface area contributed by atoms with Gasteiger partial charge in [-0.2, -0.15) is 9.78 Å². The number of benzene rings is 1. The normalized spacial score (nSPS) is 14.0. The average molecular weight is 331 g/mol. The number of hydrogen-bond acceptors (Lipinski definition) is 6. The van der Waals surface area contributed by atoms with E-state index in [0.29, 0.717) is 27.0 Å².